The maximum absolute atomic E-state index is 13.1. The minimum absolute atomic E-state index is 0.00263. The number of sulfonamides is 1. The zero-order valence-corrected chi connectivity index (χ0v) is 15.6. The lowest BCUT2D eigenvalue weighted by molar-refractivity contribution is 0.334. The molecule has 1 aliphatic heterocycles. The predicted molar refractivity (Wildman–Crippen MR) is 95.5 cm³/mol. The van der Waals surface area contributed by atoms with E-state index in [1.54, 1.807) is 24.5 Å². The minimum Gasteiger partial charge on any atom is -0.264 e. The highest BCUT2D eigenvalue weighted by Crippen LogP contribution is 2.27. The van der Waals surface area contributed by atoms with E-state index >= 15 is 0 Å². The Labute approximate surface area is 152 Å². The maximum atomic E-state index is 13.1. The smallest absolute Gasteiger partial charge is 0.243 e. The van der Waals surface area contributed by atoms with Crippen LogP contribution in [0.3, 0.4) is 0 Å². The maximum Gasteiger partial charge on any atom is 0.243 e. The zero-order valence-electron chi connectivity index (χ0n) is 13.2. The molecule has 1 aromatic carbocycles. The van der Waals surface area contributed by atoms with E-state index in [4.69, 9.17) is 11.6 Å². The molecule has 3 rings (SSSR count). The molecule has 0 unspecified atom stereocenters. The van der Waals surface area contributed by atoms with Gasteiger partial charge in [-0.25, -0.2) is 16.8 Å². The molecule has 134 valence electrons. The third kappa shape index (κ3) is 4.20. The molecular weight excluding hydrogens is 384 g/mol. The lowest BCUT2D eigenvalue weighted by Gasteiger charge is -2.27. The molecule has 25 heavy (non-hydrogen) atoms. The van der Waals surface area contributed by atoms with Gasteiger partial charge in [0.2, 0.25) is 10.0 Å². The van der Waals surface area contributed by atoms with E-state index in [0.29, 0.717) is 10.6 Å². The Balaban J connectivity index is 1.99. The number of hydrogen-bond acceptors (Lipinski definition) is 5. The van der Waals surface area contributed by atoms with E-state index in [1.807, 2.05) is 0 Å². The molecule has 2 aromatic rings. The summed E-state index contributed by atoms with van der Waals surface area (Å²) in [7, 11) is -7.09. The molecule has 0 aliphatic carbocycles. The van der Waals surface area contributed by atoms with Crippen LogP contribution >= 0.6 is 11.6 Å². The van der Waals surface area contributed by atoms with Crippen molar-refractivity contribution in [1.82, 2.24) is 9.29 Å². The van der Waals surface area contributed by atoms with Crippen LogP contribution in [-0.2, 0) is 26.4 Å². The summed E-state index contributed by atoms with van der Waals surface area (Å²) in [5.74, 6) is -0.169. The molecule has 0 amide bonds. The average Bonchev–Trinajstić information content (AvgIpc) is 2.93. The monoisotopic (exact) mass is 400 g/mol. The van der Waals surface area contributed by atoms with Crippen molar-refractivity contribution < 1.29 is 16.8 Å². The number of aromatic nitrogens is 1. The number of benzene rings is 1. The Hall–Kier alpha value is -1.48. The summed E-state index contributed by atoms with van der Waals surface area (Å²) in [4.78, 5) is 4.09. The standard InChI is InChI=1S/C16H17ClN2O4S2/c17-14-3-5-16(6-4-14)25(22,23)19(11-13-2-1-8-18-10-13)15-7-9-24(20,21)12-15/h1-6,8,10,15H,7,9,11-12H2/t15-/m0/s1. The fourth-order valence-electron chi connectivity index (χ4n) is 2.83. The Kier molecular flexibility index (Phi) is 5.15. The van der Waals surface area contributed by atoms with Crippen molar-refractivity contribution in [2.45, 2.75) is 23.9 Å². The van der Waals surface area contributed by atoms with Gasteiger partial charge in [-0.1, -0.05) is 17.7 Å². The van der Waals surface area contributed by atoms with Gasteiger partial charge in [-0.15, -0.1) is 0 Å². The topological polar surface area (TPSA) is 84.4 Å². The van der Waals surface area contributed by atoms with Gasteiger partial charge >= 0.3 is 0 Å². The number of halogens is 1. The van der Waals surface area contributed by atoms with Gasteiger partial charge in [0.25, 0.3) is 0 Å². The molecular formula is C16H17ClN2O4S2. The van der Waals surface area contributed by atoms with E-state index in [2.05, 4.69) is 4.98 Å². The number of nitrogens with zero attached hydrogens (tertiary/aromatic N) is 2. The summed E-state index contributed by atoms with van der Waals surface area (Å²) in [6.45, 7) is 0.0684. The first-order valence-corrected chi connectivity index (χ1v) is 11.3. The highest BCUT2D eigenvalue weighted by Gasteiger charge is 2.38. The molecule has 1 saturated heterocycles. The molecule has 2 heterocycles. The highest BCUT2D eigenvalue weighted by molar-refractivity contribution is 7.92. The molecule has 1 aromatic heterocycles. The molecule has 1 atom stereocenters. The molecule has 0 N–H and O–H groups in total. The van der Waals surface area contributed by atoms with Crippen molar-refractivity contribution >= 4 is 31.5 Å². The Morgan fingerprint density at radius 2 is 1.92 bits per heavy atom. The van der Waals surface area contributed by atoms with Crippen molar-refractivity contribution in [2.75, 3.05) is 11.5 Å². The van der Waals surface area contributed by atoms with Crippen LogP contribution in [0.4, 0.5) is 0 Å². The quantitative estimate of drug-likeness (QED) is 0.767. The van der Waals surface area contributed by atoms with Crippen LogP contribution in [0.25, 0.3) is 0 Å². The van der Waals surface area contributed by atoms with Crippen LogP contribution in [-0.4, -0.2) is 43.7 Å². The van der Waals surface area contributed by atoms with Crippen LogP contribution < -0.4 is 0 Å². The summed E-state index contributed by atoms with van der Waals surface area (Å²) >= 11 is 5.84. The first-order chi connectivity index (χ1) is 11.8. The van der Waals surface area contributed by atoms with Crippen LogP contribution in [0, 0.1) is 0 Å². The van der Waals surface area contributed by atoms with Crippen LogP contribution in [0.2, 0.25) is 5.02 Å². The zero-order chi connectivity index (χ0) is 18.1. The molecule has 0 saturated carbocycles. The lowest BCUT2D eigenvalue weighted by atomic mass is 10.2. The Morgan fingerprint density at radius 1 is 1.20 bits per heavy atom. The van der Waals surface area contributed by atoms with Gasteiger partial charge in [0.15, 0.2) is 9.84 Å². The molecule has 6 nitrogen and oxygen atoms in total. The highest BCUT2D eigenvalue weighted by atomic mass is 35.5. The van der Waals surface area contributed by atoms with E-state index in [1.165, 1.54) is 28.6 Å². The number of rotatable bonds is 5. The first kappa shape index (κ1) is 18.3. The van der Waals surface area contributed by atoms with Crippen molar-refractivity contribution in [3.8, 4) is 0 Å². The Morgan fingerprint density at radius 3 is 2.48 bits per heavy atom. The van der Waals surface area contributed by atoms with Crippen molar-refractivity contribution in [3.63, 3.8) is 0 Å². The van der Waals surface area contributed by atoms with Gasteiger partial charge in [-0.05, 0) is 42.3 Å². The number of sulfone groups is 1. The van der Waals surface area contributed by atoms with Gasteiger partial charge in [0, 0.05) is 30.0 Å². The normalized spacial score (nSPS) is 20.0. The number of pyridine rings is 1. The Bertz CT molecular complexity index is 945. The van der Waals surface area contributed by atoms with Gasteiger partial charge in [-0.2, -0.15) is 4.31 Å². The summed E-state index contributed by atoms with van der Waals surface area (Å²) in [5.41, 5.74) is 0.698. The fraction of sp³-hybridized carbons (Fsp3) is 0.312. The van der Waals surface area contributed by atoms with Crippen molar-refractivity contribution in [1.29, 1.82) is 0 Å². The average molecular weight is 401 g/mol. The van der Waals surface area contributed by atoms with Gasteiger partial charge in [-0.3, -0.25) is 4.98 Å². The van der Waals surface area contributed by atoms with Gasteiger partial charge in [0.05, 0.1) is 16.4 Å². The summed E-state index contributed by atoms with van der Waals surface area (Å²) in [6.07, 6.45) is 3.46. The van der Waals surface area contributed by atoms with E-state index in [0.717, 1.165) is 0 Å². The summed E-state index contributed by atoms with van der Waals surface area (Å²) < 4.78 is 51.2. The molecule has 0 bridgehead atoms. The lowest BCUT2D eigenvalue weighted by Crippen LogP contribution is -2.40. The van der Waals surface area contributed by atoms with E-state index in [9.17, 15) is 16.8 Å². The minimum atomic E-state index is -3.87. The molecule has 1 fully saturated rings. The molecule has 9 heteroatoms. The summed E-state index contributed by atoms with van der Waals surface area (Å²) in [5, 5.41) is 0.432. The van der Waals surface area contributed by atoms with Crippen LogP contribution in [0.1, 0.15) is 12.0 Å². The van der Waals surface area contributed by atoms with E-state index in [-0.39, 0.29) is 29.4 Å². The number of hydrogen-bond donors (Lipinski definition) is 0. The SMILES string of the molecule is O=S1(=O)CC[C@H](N(Cc2cccnc2)S(=O)(=O)c2ccc(Cl)cc2)C1. The van der Waals surface area contributed by atoms with Crippen molar-refractivity contribution in [3.05, 3.63) is 59.4 Å². The molecule has 0 spiro atoms. The molecule has 1 aliphatic rings. The third-order valence-corrected chi connectivity index (χ3v) is 8.01. The predicted octanol–water partition coefficient (Wildman–Crippen LogP) is 2.11. The van der Waals surface area contributed by atoms with Gasteiger partial charge in [0.1, 0.15) is 0 Å². The van der Waals surface area contributed by atoms with Crippen molar-refractivity contribution in [2.24, 2.45) is 0 Å². The second-order valence-electron chi connectivity index (χ2n) is 5.92. The summed E-state index contributed by atoms with van der Waals surface area (Å²) in [6, 6.07) is 8.75. The largest absolute Gasteiger partial charge is 0.264 e. The first-order valence-electron chi connectivity index (χ1n) is 7.65. The fourth-order valence-corrected chi connectivity index (χ4v) is 6.42. The van der Waals surface area contributed by atoms with Crippen LogP contribution in [0.5, 0.6) is 0 Å². The van der Waals surface area contributed by atoms with Gasteiger partial charge < -0.3 is 0 Å². The second-order valence-corrected chi connectivity index (χ2v) is 10.5. The van der Waals surface area contributed by atoms with Crippen LogP contribution in [0.15, 0.2) is 53.7 Å². The third-order valence-electron chi connectivity index (χ3n) is 4.10. The molecule has 0 radical (unpaired) electrons. The second kappa shape index (κ2) is 7.03. The van der Waals surface area contributed by atoms with E-state index < -0.39 is 25.9 Å².